The van der Waals surface area contributed by atoms with E-state index in [0.717, 1.165) is 19.3 Å². The zero-order valence-electron chi connectivity index (χ0n) is 19.1. The molecule has 2 heterocycles. The second-order valence-electron chi connectivity index (χ2n) is 8.78. The summed E-state index contributed by atoms with van der Waals surface area (Å²) < 4.78 is 19.1. The van der Waals surface area contributed by atoms with Gasteiger partial charge in [-0.1, -0.05) is 31.1 Å². The van der Waals surface area contributed by atoms with Crippen LogP contribution in [-0.2, 0) is 18.8 Å². The van der Waals surface area contributed by atoms with Crippen molar-refractivity contribution in [1.29, 1.82) is 0 Å². The molecule has 32 heavy (non-hydrogen) atoms. The predicted octanol–water partition coefficient (Wildman–Crippen LogP) is 3.31. The Bertz CT molecular complexity index is 872. The number of aromatic amines is 1. The summed E-state index contributed by atoms with van der Waals surface area (Å²) in [6.45, 7) is 7.84. The van der Waals surface area contributed by atoms with Crippen molar-refractivity contribution in [2.75, 3.05) is 6.61 Å². The van der Waals surface area contributed by atoms with Crippen molar-refractivity contribution >= 4 is 24.9 Å². The van der Waals surface area contributed by atoms with Crippen LogP contribution in [0.15, 0.2) is 21.9 Å². The van der Waals surface area contributed by atoms with Crippen molar-refractivity contribution < 1.29 is 18.8 Å². The lowest BCUT2D eigenvalue weighted by molar-refractivity contribution is -0.148. The summed E-state index contributed by atoms with van der Waals surface area (Å²) >= 11 is 1.78. The van der Waals surface area contributed by atoms with Gasteiger partial charge in [-0.25, -0.2) is 4.79 Å². The molecule has 0 spiro atoms. The van der Waals surface area contributed by atoms with Gasteiger partial charge in [-0.3, -0.25) is 24.2 Å². The molecular weight excluding hydrogens is 453 g/mol. The van der Waals surface area contributed by atoms with Gasteiger partial charge < -0.3 is 14.0 Å². The minimum Gasteiger partial charge on any atom is -0.462 e. The number of esters is 1. The summed E-state index contributed by atoms with van der Waals surface area (Å²) in [5.41, 5.74) is -0.906. The van der Waals surface area contributed by atoms with Crippen LogP contribution in [0.25, 0.3) is 0 Å². The molecule has 0 aromatic carbocycles. The Labute approximate surface area is 193 Å². The van der Waals surface area contributed by atoms with Gasteiger partial charge in [0.05, 0.1) is 18.8 Å². The summed E-state index contributed by atoms with van der Waals surface area (Å²) in [4.78, 5) is 38.0. The van der Waals surface area contributed by atoms with Crippen molar-refractivity contribution in [3.05, 3.63) is 33.1 Å². The lowest BCUT2D eigenvalue weighted by Crippen LogP contribution is -2.34. The maximum absolute atomic E-state index is 12.3. The zero-order valence-corrected chi connectivity index (χ0v) is 20.8. The highest BCUT2D eigenvalue weighted by Gasteiger charge is 2.35. The molecule has 11 heteroatoms. The van der Waals surface area contributed by atoms with Gasteiger partial charge in [0, 0.05) is 23.4 Å². The molecule has 5 unspecified atom stereocenters. The van der Waals surface area contributed by atoms with Gasteiger partial charge in [-0.15, -0.1) is 0 Å². The topological polar surface area (TPSA) is 112 Å². The van der Waals surface area contributed by atoms with E-state index in [9.17, 15) is 14.4 Å². The highest BCUT2D eigenvalue weighted by Crippen LogP contribution is 2.54. The third-order valence-electron chi connectivity index (χ3n) is 5.51. The summed E-state index contributed by atoms with van der Waals surface area (Å²) in [7, 11) is -1.11. The molecule has 0 radical (unpaired) electrons. The summed E-state index contributed by atoms with van der Waals surface area (Å²) in [6.07, 6.45) is 6.19. The quantitative estimate of drug-likeness (QED) is 0.382. The van der Waals surface area contributed by atoms with Crippen LogP contribution >= 0.6 is 18.9 Å². The molecule has 1 aromatic heterocycles. The molecule has 1 saturated carbocycles. The first kappa shape index (κ1) is 25.4. The molecule has 3 rings (SSSR count). The first-order valence-electron chi connectivity index (χ1n) is 11.3. The number of ether oxygens (including phenoxy) is 2. The number of nitrogens with one attached hydrogen (secondary N) is 2. The number of nitrogens with zero attached hydrogens (tertiary/aromatic N) is 1. The number of hydrogen-bond donors (Lipinski definition) is 2. The van der Waals surface area contributed by atoms with E-state index >= 15 is 0 Å². The molecule has 1 aliphatic carbocycles. The van der Waals surface area contributed by atoms with E-state index in [1.807, 2.05) is 20.8 Å². The molecule has 0 bridgehead atoms. The zero-order chi connectivity index (χ0) is 23.3. The molecule has 0 amide bonds. The SMILES string of the molecule is CC(C)OC(=O)C(C)NP(OCC1CC(C)C(n2ccc(=O)[nH]c2=O)O1)SC1CCCC1. The van der Waals surface area contributed by atoms with Gasteiger partial charge in [0.1, 0.15) is 12.3 Å². The molecule has 2 aliphatic rings. The Balaban J connectivity index is 1.59. The maximum Gasteiger partial charge on any atom is 0.330 e. The lowest BCUT2D eigenvalue weighted by Gasteiger charge is -2.25. The fraction of sp³-hybridized carbons (Fsp3) is 0.762. The van der Waals surface area contributed by atoms with Crippen molar-refractivity contribution in [3.63, 3.8) is 0 Å². The van der Waals surface area contributed by atoms with Gasteiger partial charge in [0.2, 0.25) is 0 Å². The van der Waals surface area contributed by atoms with Gasteiger partial charge in [-0.2, -0.15) is 0 Å². The summed E-state index contributed by atoms with van der Waals surface area (Å²) in [5, 5.41) is 3.85. The lowest BCUT2D eigenvalue weighted by atomic mass is 10.1. The predicted molar refractivity (Wildman–Crippen MR) is 126 cm³/mol. The Morgan fingerprint density at radius 3 is 2.72 bits per heavy atom. The average molecular weight is 488 g/mol. The van der Waals surface area contributed by atoms with Crippen LogP contribution in [0.2, 0.25) is 0 Å². The number of hydrogen-bond acceptors (Lipinski definition) is 8. The minimum atomic E-state index is -1.11. The first-order valence-corrected chi connectivity index (χ1v) is 14.0. The number of carbonyl (C=O) groups excluding carboxylic acids is 1. The normalized spacial score (nSPS) is 25.8. The summed E-state index contributed by atoms with van der Waals surface area (Å²) in [6, 6.07) is 0.855. The van der Waals surface area contributed by atoms with E-state index in [1.165, 1.54) is 29.7 Å². The van der Waals surface area contributed by atoms with Crippen molar-refractivity contribution in [3.8, 4) is 0 Å². The van der Waals surface area contributed by atoms with E-state index < -0.39 is 31.0 Å². The standard InChI is InChI=1S/C21H34N3O6PS/c1-13(2)29-20(26)15(4)23-31(32-17-7-5-6-8-17)28-12-16-11-14(3)19(30-16)24-10-9-18(25)22-21(24)27/h9-10,13-17,19,23H,5-8,11-12H2,1-4H3,(H,22,25,27). The minimum absolute atomic E-state index is 0.0915. The van der Waals surface area contributed by atoms with Crippen LogP contribution in [-0.4, -0.2) is 45.6 Å². The molecule has 2 N–H and O–H groups in total. The molecule has 9 nitrogen and oxygen atoms in total. The van der Waals surface area contributed by atoms with Crippen molar-refractivity contribution in [2.24, 2.45) is 5.92 Å². The van der Waals surface area contributed by atoms with Crippen LogP contribution in [0.4, 0.5) is 0 Å². The largest absolute Gasteiger partial charge is 0.462 e. The highest BCUT2D eigenvalue weighted by molar-refractivity contribution is 8.54. The van der Waals surface area contributed by atoms with Gasteiger partial charge >= 0.3 is 11.7 Å². The van der Waals surface area contributed by atoms with Crippen LogP contribution in [0, 0.1) is 5.92 Å². The monoisotopic (exact) mass is 487 g/mol. The van der Waals surface area contributed by atoms with E-state index in [-0.39, 0.29) is 24.1 Å². The Morgan fingerprint density at radius 1 is 1.34 bits per heavy atom. The van der Waals surface area contributed by atoms with Crippen LogP contribution in [0.3, 0.4) is 0 Å². The van der Waals surface area contributed by atoms with Crippen molar-refractivity contribution in [2.45, 2.75) is 89.5 Å². The maximum atomic E-state index is 12.3. The Hall–Kier alpha value is -1.19. The molecule has 1 aromatic rings. The fourth-order valence-corrected chi connectivity index (χ4v) is 8.12. The molecule has 180 valence electrons. The van der Waals surface area contributed by atoms with Gasteiger partial charge in [-0.05, 0) is 40.0 Å². The molecular formula is C21H34N3O6PS. The third kappa shape index (κ3) is 7.15. The molecule has 5 atom stereocenters. The van der Waals surface area contributed by atoms with Gasteiger partial charge in [0.25, 0.3) is 5.56 Å². The number of aromatic nitrogens is 2. The Morgan fingerprint density at radius 2 is 2.06 bits per heavy atom. The van der Waals surface area contributed by atoms with Gasteiger partial charge in [0.15, 0.2) is 7.50 Å². The number of H-pyrrole nitrogens is 1. The second-order valence-corrected chi connectivity index (χ2v) is 12.3. The van der Waals surface area contributed by atoms with E-state index in [2.05, 4.69) is 10.1 Å². The van der Waals surface area contributed by atoms with Crippen LogP contribution < -0.4 is 16.3 Å². The van der Waals surface area contributed by atoms with E-state index in [0.29, 0.717) is 11.9 Å². The van der Waals surface area contributed by atoms with E-state index in [4.69, 9.17) is 14.0 Å². The molecule has 1 aliphatic heterocycles. The molecule has 1 saturated heterocycles. The highest BCUT2D eigenvalue weighted by atomic mass is 32.7. The van der Waals surface area contributed by atoms with Crippen molar-refractivity contribution in [1.82, 2.24) is 14.6 Å². The average Bonchev–Trinajstić information content (AvgIpc) is 3.35. The Kier molecular flexibility index (Phi) is 9.37. The number of carbonyl (C=O) groups is 1. The summed E-state index contributed by atoms with van der Waals surface area (Å²) in [5.74, 6) is -0.194. The second kappa shape index (κ2) is 11.8. The third-order valence-corrected chi connectivity index (χ3v) is 9.55. The molecule has 2 fully saturated rings. The smallest absolute Gasteiger partial charge is 0.330 e. The van der Waals surface area contributed by atoms with Crippen LogP contribution in [0.5, 0.6) is 0 Å². The van der Waals surface area contributed by atoms with Crippen LogP contribution in [0.1, 0.15) is 66.0 Å². The van der Waals surface area contributed by atoms with E-state index in [1.54, 1.807) is 18.3 Å². The fourth-order valence-electron chi connectivity index (χ4n) is 3.92. The number of rotatable bonds is 10. The first-order chi connectivity index (χ1) is 15.2.